The van der Waals surface area contributed by atoms with Crippen molar-refractivity contribution in [1.82, 2.24) is 0 Å². The maximum atomic E-state index is 2.31. The Morgan fingerprint density at radius 3 is 1.39 bits per heavy atom. The van der Waals surface area contributed by atoms with E-state index in [0.29, 0.717) is 10.8 Å². The van der Waals surface area contributed by atoms with E-state index in [2.05, 4.69) is 133 Å². The summed E-state index contributed by atoms with van der Waals surface area (Å²) in [6.07, 6.45) is 2.30. The van der Waals surface area contributed by atoms with Gasteiger partial charge in [-0.3, -0.25) is 0 Å². The Bertz CT molecular complexity index is 1060. The lowest BCUT2D eigenvalue weighted by molar-refractivity contribution is 0.411. The molecule has 0 heteroatoms. The van der Waals surface area contributed by atoms with Gasteiger partial charge in [0.2, 0.25) is 0 Å². The summed E-state index contributed by atoms with van der Waals surface area (Å²) >= 11 is 0. The second kappa shape index (κ2) is 12.4. The second-order valence-corrected chi connectivity index (χ2v) is 11.3. The average molecular weight is 439 g/mol. The van der Waals surface area contributed by atoms with E-state index in [0.717, 1.165) is 12.8 Å². The molecule has 0 saturated heterocycles. The van der Waals surface area contributed by atoms with Crippen LogP contribution in [0.5, 0.6) is 0 Å². The molecule has 0 aromatic heterocycles. The molecule has 0 atom stereocenters. The molecule has 0 bridgehead atoms. The van der Waals surface area contributed by atoms with Gasteiger partial charge in [0.25, 0.3) is 0 Å². The van der Waals surface area contributed by atoms with Crippen LogP contribution in [0, 0.1) is 17.8 Å². The fraction of sp³-hybridized carbons (Fsp3) is 0.333. The van der Waals surface area contributed by atoms with E-state index in [4.69, 9.17) is 0 Å². The monoisotopic (exact) mass is 438 g/mol. The van der Waals surface area contributed by atoms with Crippen LogP contribution >= 0.6 is 0 Å². The van der Waals surface area contributed by atoms with Crippen molar-refractivity contribution in [1.29, 1.82) is 0 Å². The first-order valence-electron chi connectivity index (χ1n) is 12.1. The molecule has 0 radical (unpaired) electrons. The molecule has 0 unspecified atom stereocenters. The molecule has 0 N–H and O–H groups in total. The van der Waals surface area contributed by atoms with Crippen molar-refractivity contribution >= 4 is 10.8 Å². The van der Waals surface area contributed by atoms with Gasteiger partial charge in [-0.05, 0) is 52.5 Å². The molecule has 0 aliphatic rings. The van der Waals surface area contributed by atoms with Crippen molar-refractivity contribution in [3.63, 3.8) is 0 Å². The zero-order valence-electron chi connectivity index (χ0n) is 21.7. The van der Waals surface area contributed by atoms with Crippen molar-refractivity contribution in [3.8, 4) is 0 Å². The van der Waals surface area contributed by atoms with Gasteiger partial charge in [0.1, 0.15) is 0 Å². The Kier molecular flexibility index (Phi) is 9.92. The van der Waals surface area contributed by atoms with Crippen LogP contribution < -0.4 is 0 Å². The van der Waals surface area contributed by atoms with E-state index < -0.39 is 0 Å². The highest BCUT2D eigenvalue weighted by atomic mass is 14.2. The van der Waals surface area contributed by atoms with Crippen molar-refractivity contribution in [2.24, 2.45) is 10.8 Å². The van der Waals surface area contributed by atoms with E-state index in [1.54, 1.807) is 0 Å². The van der Waals surface area contributed by atoms with Gasteiger partial charge in [0.05, 0.1) is 0 Å². The molecule has 0 aliphatic heterocycles. The van der Waals surface area contributed by atoms with Gasteiger partial charge in [0, 0.05) is 0 Å². The van der Waals surface area contributed by atoms with Crippen LogP contribution in [0.3, 0.4) is 0 Å². The molecule has 0 heterocycles. The molecule has 0 aliphatic carbocycles. The number of aryl methyl sites for hydroxylation is 1. The van der Waals surface area contributed by atoms with Crippen LogP contribution in [-0.4, -0.2) is 0 Å². The quantitative estimate of drug-likeness (QED) is 0.292. The van der Waals surface area contributed by atoms with Gasteiger partial charge in [0.15, 0.2) is 0 Å². The molecule has 4 aromatic carbocycles. The van der Waals surface area contributed by atoms with Crippen molar-refractivity contribution in [3.05, 3.63) is 120 Å². The van der Waals surface area contributed by atoms with Crippen molar-refractivity contribution < 1.29 is 0 Å². The van der Waals surface area contributed by atoms with Crippen LogP contribution in [0.4, 0.5) is 0 Å². The zero-order valence-corrected chi connectivity index (χ0v) is 21.7. The lowest BCUT2D eigenvalue weighted by Crippen LogP contribution is -2.08. The summed E-state index contributed by atoms with van der Waals surface area (Å²) in [5.41, 5.74) is 4.95. The van der Waals surface area contributed by atoms with Crippen LogP contribution in [0.2, 0.25) is 0 Å². The summed E-state index contributed by atoms with van der Waals surface area (Å²) < 4.78 is 0. The Morgan fingerprint density at radius 1 is 0.455 bits per heavy atom. The standard InChI is InChI=1S/C15H18.C11H16.C7H8/c1-15(2,3)11-12-8-9-13-6-4-5-7-14(13)10-12;1-11(2,3)9-10-7-5-4-6-8-10;1-7-5-3-2-4-6-7/h4-10H,11H2,1-3H3;4-8H,9H2,1-3H3;2-6H,1H3. The third-order valence-electron chi connectivity index (χ3n) is 5.07. The molecule has 174 valence electrons. The minimum atomic E-state index is 0.364. The first kappa shape index (κ1) is 26.4. The minimum Gasteiger partial charge on any atom is -0.0622 e. The number of rotatable bonds is 2. The molecule has 0 nitrogen and oxygen atoms in total. The Labute approximate surface area is 202 Å². The lowest BCUT2D eigenvalue weighted by Gasteiger charge is -2.18. The summed E-state index contributed by atoms with van der Waals surface area (Å²) in [6, 6.07) is 36.2. The third kappa shape index (κ3) is 11.5. The van der Waals surface area contributed by atoms with E-state index in [9.17, 15) is 0 Å². The fourth-order valence-electron chi connectivity index (χ4n) is 3.70. The highest BCUT2D eigenvalue weighted by molar-refractivity contribution is 5.83. The molecule has 0 amide bonds. The fourth-order valence-corrected chi connectivity index (χ4v) is 3.70. The molecule has 4 aromatic rings. The largest absolute Gasteiger partial charge is 0.0622 e. The van der Waals surface area contributed by atoms with E-state index in [-0.39, 0.29) is 0 Å². The van der Waals surface area contributed by atoms with E-state index in [1.165, 1.54) is 27.5 Å². The molecule has 0 saturated carbocycles. The number of fused-ring (bicyclic) bond motifs is 1. The number of hydrogen-bond donors (Lipinski definition) is 0. The van der Waals surface area contributed by atoms with Crippen LogP contribution in [0.25, 0.3) is 10.8 Å². The molecular formula is C33H42. The second-order valence-electron chi connectivity index (χ2n) is 11.3. The topological polar surface area (TPSA) is 0 Å². The third-order valence-corrected chi connectivity index (χ3v) is 5.07. The summed E-state index contributed by atoms with van der Waals surface area (Å²) in [7, 11) is 0. The van der Waals surface area contributed by atoms with Gasteiger partial charge in [-0.1, -0.05) is 150 Å². The average Bonchev–Trinajstić information content (AvgIpc) is 2.74. The molecule has 33 heavy (non-hydrogen) atoms. The summed E-state index contributed by atoms with van der Waals surface area (Å²) in [4.78, 5) is 0. The SMILES string of the molecule is CC(C)(C)Cc1ccc2ccccc2c1.CC(C)(C)Cc1ccccc1.Cc1ccccc1. The van der Waals surface area contributed by atoms with Gasteiger partial charge in [-0.25, -0.2) is 0 Å². The predicted octanol–water partition coefficient (Wildman–Crippen LogP) is 9.70. The van der Waals surface area contributed by atoms with Gasteiger partial charge in [-0.15, -0.1) is 0 Å². The van der Waals surface area contributed by atoms with Crippen LogP contribution in [0.15, 0.2) is 103 Å². The Balaban J connectivity index is 0.000000188. The summed E-state index contributed by atoms with van der Waals surface area (Å²) in [6.45, 7) is 15.7. The van der Waals surface area contributed by atoms with Gasteiger partial charge in [-0.2, -0.15) is 0 Å². The normalized spacial score (nSPS) is 11.1. The number of benzene rings is 4. The van der Waals surface area contributed by atoms with Crippen LogP contribution in [-0.2, 0) is 12.8 Å². The molecular weight excluding hydrogens is 396 g/mol. The maximum Gasteiger partial charge on any atom is -0.0181 e. The van der Waals surface area contributed by atoms with E-state index >= 15 is 0 Å². The Morgan fingerprint density at radius 2 is 0.909 bits per heavy atom. The Hall–Kier alpha value is -2.86. The maximum absolute atomic E-state index is 2.31. The lowest BCUT2D eigenvalue weighted by atomic mass is 9.87. The van der Waals surface area contributed by atoms with E-state index in [1.807, 2.05) is 18.2 Å². The van der Waals surface area contributed by atoms with Crippen LogP contribution in [0.1, 0.15) is 58.2 Å². The minimum absolute atomic E-state index is 0.364. The molecule has 0 spiro atoms. The van der Waals surface area contributed by atoms with Crippen molar-refractivity contribution in [2.45, 2.75) is 61.3 Å². The summed E-state index contributed by atoms with van der Waals surface area (Å²) in [5.74, 6) is 0. The first-order valence-corrected chi connectivity index (χ1v) is 12.1. The van der Waals surface area contributed by atoms with Gasteiger partial charge >= 0.3 is 0 Å². The first-order chi connectivity index (χ1) is 15.5. The van der Waals surface area contributed by atoms with Gasteiger partial charge < -0.3 is 0 Å². The number of hydrogen-bond acceptors (Lipinski definition) is 0. The van der Waals surface area contributed by atoms with Crippen molar-refractivity contribution in [2.75, 3.05) is 0 Å². The smallest absolute Gasteiger partial charge is 0.0181 e. The predicted molar refractivity (Wildman–Crippen MR) is 148 cm³/mol. The highest BCUT2D eigenvalue weighted by Crippen LogP contribution is 2.23. The zero-order chi connectivity index (χ0) is 24.3. The summed E-state index contributed by atoms with van der Waals surface area (Å²) in [5, 5.41) is 2.68. The molecule has 4 rings (SSSR count). The molecule has 0 fully saturated rings. The highest BCUT2D eigenvalue weighted by Gasteiger charge is 2.11.